The summed E-state index contributed by atoms with van der Waals surface area (Å²) in [5.74, 6) is -0.00281. The molecule has 0 unspecified atom stereocenters. The Morgan fingerprint density at radius 2 is 1.62 bits per heavy atom. The Balaban J connectivity index is -0.00000127. The van der Waals surface area contributed by atoms with Crippen molar-refractivity contribution in [2.24, 2.45) is 5.92 Å². The van der Waals surface area contributed by atoms with Gasteiger partial charge in [0.1, 0.15) is 0 Å². The fraction of sp³-hybridized carbons (Fsp3) is 0.579. The SMILES string of the molecule is CC.CC(C)CC(=O)[N-]CCCOCC(=O)[N-]Cc1ccccc1.[Rb+].[Rb+]. The van der Waals surface area contributed by atoms with Crippen molar-refractivity contribution in [2.75, 3.05) is 19.8 Å². The van der Waals surface area contributed by atoms with Crippen LogP contribution in [-0.2, 0) is 20.9 Å². The van der Waals surface area contributed by atoms with Crippen LogP contribution in [0.3, 0.4) is 0 Å². The molecule has 0 heterocycles. The molecule has 0 N–H and O–H groups in total. The summed E-state index contributed by atoms with van der Waals surface area (Å²) in [7, 11) is 0. The summed E-state index contributed by atoms with van der Waals surface area (Å²) in [5.41, 5.74) is 0.998. The zero-order valence-electron chi connectivity index (χ0n) is 17.3. The molecule has 0 aliphatic carbocycles. The van der Waals surface area contributed by atoms with E-state index >= 15 is 0 Å². The first-order valence-electron chi connectivity index (χ1n) is 8.60. The molecule has 0 fully saturated rings. The Hall–Kier alpha value is 1.73. The maximum absolute atomic E-state index is 11.5. The largest absolute Gasteiger partial charge is 1.00 e. The molecule has 1 aromatic rings. The first kappa shape index (κ1) is 32.4. The number of rotatable bonds is 10. The maximum Gasteiger partial charge on any atom is 1.00 e. The number of carbonyl (C=O) groups is 2. The van der Waals surface area contributed by atoms with Crippen LogP contribution in [0.5, 0.6) is 0 Å². The van der Waals surface area contributed by atoms with Crippen molar-refractivity contribution in [1.29, 1.82) is 0 Å². The second-order valence-electron chi connectivity index (χ2n) is 5.48. The van der Waals surface area contributed by atoms with Gasteiger partial charge in [-0.3, -0.25) is 0 Å². The van der Waals surface area contributed by atoms with Gasteiger partial charge in [0.2, 0.25) is 0 Å². The second-order valence-corrected chi connectivity index (χ2v) is 5.48. The van der Waals surface area contributed by atoms with E-state index in [4.69, 9.17) is 4.74 Å². The Bertz CT molecular complexity index is 457. The van der Waals surface area contributed by atoms with Crippen LogP contribution < -0.4 is 116 Å². The van der Waals surface area contributed by atoms with Gasteiger partial charge in [0.05, 0.1) is 18.4 Å². The first-order valence-corrected chi connectivity index (χ1v) is 8.60. The number of benzene rings is 1. The van der Waals surface area contributed by atoms with Crippen molar-refractivity contribution < 1.29 is 131 Å². The van der Waals surface area contributed by atoms with Gasteiger partial charge in [-0.05, 0) is 18.8 Å². The van der Waals surface area contributed by atoms with Crippen molar-refractivity contribution in [3.8, 4) is 0 Å². The fourth-order valence-corrected chi connectivity index (χ4v) is 1.75. The van der Waals surface area contributed by atoms with Gasteiger partial charge in [-0.25, -0.2) is 0 Å². The van der Waals surface area contributed by atoms with Gasteiger partial charge in [-0.2, -0.15) is 0 Å². The molecule has 0 saturated heterocycles. The van der Waals surface area contributed by atoms with Crippen molar-refractivity contribution in [1.82, 2.24) is 0 Å². The molecule has 0 aliphatic heterocycles. The molecule has 0 spiro atoms. The summed E-state index contributed by atoms with van der Waals surface area (Å²) < 4.78 is 5.23. The zero-order valence-corrected chi connectivity index (χ0v) is 27.2. The van der Waals surface area contributed by atoms with Gasteiger partial charge >= 0.3 is 116 Å². The number of carbonyl (C=O) groups excluding carboxylic acids is 2. The average molecular weight is 505 g/mol. The summed E-state index contributed by atoms with van der Waals surface area (Å²) in [6, 6.07) is 9.60. The predicted molar refractivity (Wildman–Crippen MR) is 98.0 cm³/mol. The van der Waals surface area contributed by atoms with E-state index in [0.717, 1.165) is 5.56 Å². The van der Waals surface area contributed by atoms with Crippen LogP contribution in [0.4, 0.5) is 0 Å². The average Bonchev–Trinajstić information content (AvgIpc) is 2.58. The molecule has 0 radical (unpaired) electrons. The molecule has 7 heteroatoms. The molecule has 1 rings (SSSR count). The van der Waals surface area contributed by atoms with E-state index in [-0.39, 0.29) is 135 Å². The summed E-state index contributed by atoms with van der Waals surface area (Å²) in [6.07, 6.45) is 1.12. The third-order valence-electron chi connectivity index (χ3n) is 2.82. The molecule has 0 atom stereocenters. The standard InChI is InChI=1S/C17H26N2O3.C2H6.2Rb/c1-14(2)11-16(20)18-9-6-10-22-13-17(21)19-12-15-7-4-3-5-8-15;1-2;;/h3-5,7-8,14H,6,9-13H2,1-2H3,(H2,18,19,20,21);1-2H3;;/q;;2*+1/p-2. The molecule has 0 saturated carbocycles. The van der Waals surface area contributed by atoms with Crippen molar-refractivity contribution in [3.05, 3.63) is 46.5 Å². The van der Waals surface area contributed by atoms with Crippen molar-refractivity contribution in [3.63, 3.8) is 0 Å². The van der Waals surface area contributed by atoms with E-state index in [2.05, 4.69) is 10.6 Å². The quantitative estimate of drug-likeness (QED) is 0.363. The van der Waals surface area contributed by atoms with Gasteiger partial charge in [0, 0.05) is 6.61 Å². The first-order chi connectivity index (χ1) is 11.6. The van der Waals surface area contributed by atoms with Crippen molar-refractivity contribution >= 4 is 11.8 Å². The Kier molecular flexibility index (Phi) is 28.7. The normalized spacial score (nSPS) is 9.12. The van der Waals surface area contributed by atoms with Crippen LogP contribution in [0.15, 0.2) is 30.3 Å². The molecular weight excluding hydrogens is 475 g/mol. The van der Waals surface area contributed by atoms with Gasteiger partial charge in [0.25, 0.3) is 0 Å². The number of amides is 2. The fourth-order valence-electron chi connectivity index (χ4n) is 1.75. The third kappa shape index (κ3) is 20.5. The summed E-state index contributed by atoms with van der Waals surface area (Å²) >= 11 is 0. The van der Waals surface area contributed by atoms with E-state index in [1.807, 2.05) is 58.0 Å². The van der Waals surface area contributed by atoms with Gasteiger partial charge in [-0.15, -0.1) is 13.1 Å². The topological polar surface area (TPSA) is 71.6 Å². The Morgan fingerprint density at radius 1 is 1.00 bits per heavy atom. The minimum absolute atomic E-state index is 0. The number of nitrogens with zero attached hydrogens (tertiary/aromatic N) is 2. The summed E-state index contributed by atoms with van der Waals surface area (Å²) in [4.78, 5) is 22.8. The van der Waals surface area contributed by atoms with E-state index < -0.39 is 0 Å². The molecule has 2 amide bonds. The number of ether oxygens (including phenoxy) is 1. The molecule has 0 aliphatic rings. The van der Waals surface area contributed by atoms with Gasteiger partial charge < -0.3 is 25.0 Å². The molecule has 0 aromatic heterocycles. The van der Waals surface area contributed by atoms with Crippen LogP contribution in [0.2, 0.25) is 0 Å². The van der Waals surface area contributed by atoms with E-state index in [9.17, 15) is 9.59 Å². The van der Waals surface area contributed by atoms with Crippen LogP contribution in [0, 0.1) is 5.92 Å². The Labute approximate surface area is 256 Å². The number of hydrogen-bond donors (Lipinski definition) is 0. The smallest absolute Gasteiger partial charge is 0.653 e. The van der Waals surface area contributed by atoms with Crippen LogP contribution in [-0.4, -0.2) is 31.6 Å². The minimum atomic E-state index is -0.267. The van der Waals surface area contributed by atoms with Gasteiger partial charge in [0.15, 0.2) is 0 Å². The van der Waals surface area contributed by atoms with Crippen LogP contribution in [0.1, 0.15) is 46.1 Å². The van der Waals surface area contributed by atoms with Crippen LogP contribution >= 0.6 is 0 Å². The Morgan fingerprint density at radius 3 is 2.19 bits per heavy atom. The second kappa shape index (κ2) is 23.0. The third-order valence-corrected chi connectivity index (χ3v) is 2.82. The maximum atomic E-state index is 11.5. The van der Waals surface area contributed by atoms with E-state index in [1.54, 1.807) is 0 Å². The molecular formula is C19H30N2O3Rb2. The van der Waals surface area contributed by atoms with Crippen LogP contribution in [0.25, 0.3) is 10.6 Å². The molecule has 0 bridgehead atoms. The minimum Gasteiger partial charge on any atom is -0.653 e. The van der Waals surface area contributed by atoms with E-state index in [0.29, 0.717) is 38.5 Å². The van der Waals surface area contributed by atoms with E-state index in [1.165, 1.54) is 0 Å². The molecule has 5 nitrogen and oxygen atoms in total. The number of hydrogen-bond acceptors (Lipinski definition) is 3. The van der Waals surface area contributed by atoms with Gasteiger partial charge in [-0.1, -0.05) is 63.6 Å². The monoisotopic (exact) mass is 504 g/mol. The summed E-state index contributed by atoms with van der Waals surface area (Å²) in [6.45, 7) is 9.18. The zero-order chi connectivity index (χ0) is 18.2. The molecule has 26 heavy (non-hydrogen) atoms. The molecule has 136 valence electrons. The summed E-state index contributed by atoms with van der Waals surface area (Å²) in [5, 5.41) is 7.86. The van der Waals surface area contributed by atoms with Crippen molar-refractivity contribution in [2.45, 2.75) is 47.1 Å². The predicted octanol–water partition coefficient (Wildman–Crippen LogP) is -1.53. The molecule has 1 aromatic carbocycles.